The molecule has 6 rings (SSSR count). The Balaban J connectivity index is 1.41. The molecule has 2 aromatic carbocycles. The molecular weight excluding hydrogens is 430 g/mol. The first-order valence-electron chi connectivity index (χ1n) is 11.4. The second-order valence-corrected chi connectivity index (χ2v) is 8.83. The molecule has 1 N–H and O–H groups in total. The Morgan fingerprint density at radius 2 is 1.91 bits per heavy atom. The molecule has 4 heterocycles. The van der Waals surface area contributed by atoms with Crippen LogP contribution >= 0.6 is 0 Å². The molecule has 2 aliphatic rings. The van der Waals surface area contributed by atoms with Crippen LogP contribution in [0.4, 0.5) is 5.69 Å². The number of para-hydroxylation sites is 2. The van der Waals surface area contributed by atoms with Crippen molar-refractivity contribution in [2.24, 2.45) is 7.05 Å². The summed E-state index contributed by atoms with van der Waals surface area (Å²) in [5, 5.41) is 8.30. The van der Waals surface area contributed by atoms with Crippen molar-refractivity contribution in [2.45, 2.75) is 25.7 Å². The monoisotopic (exact) mass is 455 g/mol. The fraction of sp³-hybridized carbons (Fsp3) is 0.280. The molecule has 0 saturated carbocycles. The number of nitrogens with zero attached hydrogens (tertiary/aromatic N) is 6. The van der Waals surface area contributed by atoms with Gasteiger partial charge in [0.15, 0.2) is 5.82 Å². The molecule has 0 radical (unpaired) electrons. The van der Waals surface area contributed by atoms with Crippen LogP contribution in [0, 0.1) is 0 Å². The average molecular weight is 456 g/mol. The van der Waals surface area contributed by atoms with Crippen molar-refractivity contribution in [1.82, 2.24) is 29.5 Å². The summed E-state index contributed by atoms with van der Waals surface area (Å²) in [6.07, 6.45) is 2.09. The van der Waals surface area contributed by atoms with Crippen molar-refractivity contribution in [2.75, 3.05) is 18.5 Å². The number of carbonyl (C=O) groups is 2. The Hall–Kier alpha value is -4.14. The Morgan fingerprint density at radius 1 is 1.12 bits per heavy atom. The van der Waals surface area contributed by atoms with Crippen molar-refractivity contribution in [3.8, 4) is 0 Å². The van der Waals surface area contributed by atoms with Gasteiger partial charge in [-0.3, -0.25) is 14.3 Å². The lowest BCUT2D eigenvalue weighted by Crippen LogP contribution is -2.51. The smallest absolute Gasteiger partial charge is 0.257 e. The van der Waals surface area contributed by atoms with Gasteiger partial charge in [0, 0.05) is 31.5 Å². The molecule has 0 spiro atoms. The van der Waals surface area contributed by atoms with Gasteiger partial charge in [0.25, 0.3) is 5.91 Å². The first-order chi connectivity index (χ1) is 16.5. The van der Waals surface area contributed by atoms with Gasteiger partial charge in [-0.1, -0.05) is 30.3 Å². The van der Waals surface area contributed by atoms with Crippen LogP contribution in [0.25, 0.3) is 10.9 Å². The fourth-order valence-electron chi connectivity index (χ4n) is 5.32. The lowest BCUT2D eigenvalue weighted by atomic mass is 9.96. The highest BCUT2D eigenvalue weighted by molar-refractivity contribution is 6.02. The van der Waals surface area contributed by atoms with Gasteiger partial charge >= 0.3 is 0 Å². The van der Waals surface area contributed by atoms with E-state index in [-0.39, 0.29) is 31.1 Å². The standard InChI is InChI=1S/C25H25N7O2/c1-29-15-27-21(28-29)13-26-22(33)14-32-20-10-6-3-7-16(20)17-11-12-31-24(23(17)32)30(2)19-9-5-4-8-18(19)25(31)34/h3-10,15,24H,11-14H2,1-2H3,(H,26,33). The highest BCUT2D eigenvalue weighted by Gasteiger charge is 2.42. The maximum absolute atomic E-state index is 13.4. The first-order valence-corrected chi connectivity index (χ1v) is 11.4. The minimum absolute atomic E-state index is 0.0341. The van der Waals surface area contributed by atoms with Crippen molar-refractivity contribution < 1.29 is 9.59 Å². The van der Waals surface area contributed by atoms with Crippen LogP contribution < -0.4 is 10.2 Å². The van der Waals surface area contributed by atoms with Gasteiger partial charge in [-0.2, -0.15) is 5.10 Å². The van der Waals surface area contributed by atoms with Crippen LogP contribution in [0.5, 0.6) is 0 Å². The molecule has 172 valence electrons. The number of benzene rings is 2. The molecule has 1 atom stereocenters. The number of carbonyl (C=O) groups excluding carboxylic acids is 2. The van der Waals surface area contributed by atoms with Crippen LogP contribution in [-0.4, -0.2) is 49.6 Å². The number of anilines is 1. The molecule has 2 amide bonds. The van der Waals surface area contributed by atoms with Crippen LogP contribution in [0.3, 0.4) is 0 Å². The van der Waals surface area contributed by atoms with E-state index in [4.69, 9.17) is 0 Å². The number of hydrogen-bond acceptors (Lipinski definition) is 5. The van der Waals surface area contributed by atoms with E-state index in [2.05, 4.69) is 30.9 Å². The van der Waals surface area contributed by atoms with E-state index in [0.29, 0.717) is 17.9 Å². The zero-order valence-corrected chi connectivity index (χ0v) is 19.1. The Bertz CT molecular complexity index is 1440. The zero-order chi connectivity index (χ0) is 23.4. The van der Waals surface area contributed by atoms with Gasteiger partial charge < -0.3 is 19.7 Å². The van der Waals surface area contributed by atoms with E-state index < -0.39 is 0 Å². The van der Waals surface area contributed by atoms with Crippen molar-refractivity contribution in [3.05, 3.63) is 77.5 Å². The third kappa shape index (κ3) is 3.07. The predicted octanol–water partition coefficient (Wildman–Crippen LogP) is 2.23. The van der Waals surface area contributed by atoms with Gasteiger partial charge in [0.1, 0.15) is 19.0 Å². The summed E-state index contributed by atoms with van der Waals surface area (Å²) in [5.74, 6) is 0.473. The number of fused-ring (bicyclic) bond motifs is 6. The highest BCUT2D eigenvalue weighted by atomic mass is 16.2. The zero-order valence-electron chi connectivity index (χ0n) is 19.1. The second kappa shape index (κ2) is 7.72. The molecule has 2 aliphatic heterocycles. The van der Waals surface area contributed by atoms with Gasteiger partial charge in [0.05, 0.1) is 23.5 Å². The summed E-state index contributed by atoms with van der Waals surface area (Å²) < 4.78 is 3.68. The minimum Gasteiger partial charge on any atom is -0.349 e. The second-order valence-electron chi connectivity index (χ2n) is 8.83. The molecule has 34 heavy (non-hydrogen) atoms. The summed E-state index contributed by atoms with van der Waals surface area (Å²) in [6.45, 7) is 1.06. The van der Waals surface area contributed by atoms with E-state index >= 15 is 0 Å². The fourth-order valence-corrected chi connectivity index (χ4v) is 5.32. The topological polar surface area (TPSA) is 88.3 Å². The van der Waals surface area contributed by atoms with Crippen LogP contribution in [0.2, 0.25) is 0 Å². The first kappa shape index (κ1) is 20.5. The highest BCUT2D eigenvalue weighted by Crippen LogP contribution is 2.44. The van der Waals surface area contributed by atoms with Crippen molar-refractivity contribution in [3.63, 3.8) is 0 Å². The molecule has 9 nitrogen and oxygen atoms in total. The third-order valence-electron chi connectivity index (χ3n) is 6.80. The predicted molar refractivity (Wildman–Crippen MR) is 127 cm³/mol. The molecule has 0 bridgehead atoms. The Labute approximate surface area is 196 Å². The molecule has 0 aliphatic carbocycles. The SMILES string of the molecule is CN1c2ccccc2C(=O)N2CCc3c(n(CC(=O)NCc4ncn(C)n4)c4ccccc34)C21. The van der Waals surface area contributed by atoms with E-state index in [1.165, 1.54) is 5.56 Å². The van der Waals surface area contributed by atoms with E-state index in [9.17, 15) is 9.59 Å². The maximum Gasteiger partial charge on any atom is 0.257 e. The molecule has 2 aromatic heterocycles. The molecule has 0 fully saturated rings. The lowest BCUT2D eigenvalue weighted by Gasteiger charge is -2.46. The normalized spacial score (nSPS) is 16.9. The third-order valence-corrected chi connectivity index (χ3v) is 6.80. The molecule has 1 unspecified atom stereocenters. The van der Waals surface area contributed by atoms with Crippen LogP contribution in [0.15, 0.2) is 54.9 Å². The number of hydrogen-bond donors (Lipinski definition) is 1. The lowest BCUT2D eigenvalue weighted by molar-refractivity contribution is -0.121. The number of rotatable bonds is 4. The summed E-state index contributed by atoms with van der Waals surface area (Å²) in [7, 11) is 3.81. The van der Waals surface area contributed by atoms with Crippen LogP contribution in [-0.2, 0) is 31.4 Å². The quantitative estimate of drug-likeness (QED) is 0.510. The summed E-state index contributed by atoms with van der Waals surface area (Å²) >= 11 is 0. The molecule has 4 aromatic rings. The largest absolute Gasteiger partial charge is 0.349 e. The van der Waals surface area contributed by atoms with Crippen molar-refractivity contribution in [1.29, 1.82) is 0 Å². The Kier molecular flexibility index (Phi) is 4.65. The molecule has 9 heteroatoms. The summed E-state index contributed by atoms with van der Waals surface area (Å²) in [4.78, 5) is 34.7. The Morgan fingerprint density at radius 3 is 2.74 bits per heavy atom. The minimum atomic E-state index is -0.274. The molecular formula is C25H25N7O2. The molecule has 0 saturated heterocycles. The number of nitrogens with one attached hydrogen (secondary N) is 1. The number of amides is 2. The van der Waals surface area contributed by atoms with Gasteiger partial charge in [-0.05, 0) is 30.2 Å². The van der Waals surface area contributed by atoms with Crippen LogP contribution in [0.1, 0.15) is 33.6 Å². The maximum atomic E-state index is 13.4. The van der Waals surface area contributed by atoms with E-state index in [1.807, 2.05) is 54.4 Å². The summed E-state index contributed by atoms with van der Waals surface area (Å²) in [6, 6.07) is 15.9. The number of aromatic nitrogens is 4. The van der Waals surface area contributed by atoms with Gasteiger partial charge in [0.2, 0.25) is 5.91 Å². The van der Waals surface area contributed by atoms with E-state index in [1.54, 1.807) is 18.1 Å². The summed E-state index contributed by atoms with van der Waals surface area (Å²) in [5.41, 5.74) is 4.83. The van der Waals surface area contributed by atoms with Gasteiger partial charge in [-0.25, -0.2) is 4.98 Å². The number of aryl methyl sites for hydroxylation is 1. The van der Waals surface area contributed by atoms with Gasteiger partial charge in [-0.15, -0.1) is 0 Å². The van der Waals surface area contributed by atoms with Crippen molar-refractivity contribution >= 4 is 28.4 Å². The average Bonchev–Trinajstić information content (AvgIpc) is 3.42. The van der Waals surface area contributed by atoms with E-state index in [0.717, 1.165) is 28.7 Å².